The van der Waals surface area contributed by atoms with E-state index in [-0.39, 0.29) is 21.7 Å². The molecule has 49 heavy (non-hydrogen) atoms. The summed E-state index contributed by atoms with van der Waals surface area (Å²) >= 11 is 0. The third-order valence-electron chi connectivity index (χ3n) is 7.33. The first kappa shape index (κ1) is 32.8. The molecule has 0 spiro atoms. The Morgan fingerprint density at radius 1 is 0.429 bits per heavy atom. The van der Waals surface area contributed by atoms with E-state index in [0.717, 1.165) is 57.6 Å². The van der Waals surface area contributed by atoms with Gasteiger partial charge in [0.1, 0.15) is 0 Å². The fourth-order valence-corrected chi connectivity index (χ4v) is 5.46. The van der Waals surface area contributed by atoms with Crippen molar-refractivity contribution in [2.24, 2.45) is 0 Å². The van der Waals surface area contributed by atoms with Gasteiger partial charge in [-0.05, 0) is 21.5 Å². The Morgan fingerprint density at radius 2 is 0.633 bits per heavy atom. The molecule has 3 aromatic heterocycles. The van der Waals surface area contributed by atoms with Crippen molar-refractivity contribution < 1.29 is 41.5 Å². The minimum absolute atomic E-state index is 0. The minimum Gasteiger partial charge on any atom is -0.481 e. The molecule has 0 saturated carbocycles. The fourth-order valence-electron chi connectivity index (χ4n) is 5.46. The molecule has 0 unspecified atom stereocenters. The van der Waals surface area contributed by atoms with Gasteiger partial charge >= 0.3 is 21.7 Å². The van der Waals surface area contributed by atoms with Crippen LogP contribution in [-0.2, 0) is 31.3 Å². The van der Waals surface area contributed by atoms with Crippen LogP contribution in [0.4, 0.5) is 0 Å². The van der Waals surface area contributed by atoms with Crippen molar-refractivity contribution in [3.8, 4) is 45.6 Å². The topological polar surface area (TPSA) is 180 Å². The van der Waals surface area contributed by atoms with Gasteiger partial charge < -0.3 is 40.1 Å². The van der Waals surface area contributed by atoms with Crippen molar-refractivity contribution >= 4 is 56.1 Å². The molecule has 7 aromatic rings. The number of hydrogen-bond donors (Lipinski definition) is 2. The number of fused-ring (bicyclic) bond motifs is 20. The van der Waals surface area contributed by atoms with E-state index in [4.69, 9.17) is 59.7 Å². The number of aromatic nitrogens is 8. The molecular weight excluding hydrogens is 656 g/mol. The molecule has 0 radical (unpaired) electrons. The van der Waals surface area contributed by atoms with Gasteiger partial charge in [-0.2, -0.15) is 0 Å². The zero-order chi connectivity index (χ0) is 33.4. The molecule has 0 fully saturated rings. The van der Waals surface area contributed by atoms with Crippen LogP contribution in [0.1, 0.15) is 13.8 Å². The van der Waals surface area contributed by atoms with Gasteiger partial charge in [-0.15, -0.1) is 0 Å². The number of aliphatic carboxylic acids is 2. The van der Waals surface area contributed by atoms with E-state index >= 15 is 0 Å². The van der Waals surface area contributed by atoms with Crippen molar-refractivity contribution in [1.29, 1.82) is 0 Å². The Hall–Kier alpha value is -6.11. The molecule has 4 aromatic carbocycles. The number of nitrogens with zero attached hydrogens (tertiary/aromatic N) is 8. The predicted octanol–water partition coefficient (Wildman–Crippen LogP) is 6.31. The quantitative estimate of drug-likeness (QED) is 0.171. The normalized spacial score (nSPS) is 10.8. The molecule has 236 valence electrons. The van der Waals surface area contributed by atoms with Crippen molar-refractivity contribution in [1.82, 2.24) is 39.9 Å². The van der Waals surface area contributed by atoms with E-state index in [1.807, 2.05) is 97.1 Å². The number of benzene rings is 4. The van der Waals surface area contributed by atoms with Crippen LogP contribution in [0.3, 0.4) is 0 Å². The third kappa shape index (κ3) is 6.42. The van der Waals surface area contributed by atoms with Crippen LogP contribution in [0.5, 0.6) is 0 Å². The van der Waals surface area contributed by atoms with Crippen LogP contribution in [0.25, 0.3) is 89.7 Å². The molecule has 5 heterocycles. The van der Waals surface area contributed by atoms with Gasteiger partial charge in [0.2, 0.25) is 0 Å². The van der Waals surface area contributed by atoms with E-state index in [1.165, 1.54) is 0 Å². The maximum Gasteiger partial charge on any atom is 2.00 e. The average Bonchev–Trinajstić information content (AvgIpc) is 3.80. The van der Waals surface area contributed by atoms with Crippen molar-refractivity contribution in [2.45, 2.75) is 13.8 Å². The molecule has 0 amide bonds. The largest absolute Gasteiger partial charge is 2.00 e. The number of hydrogen-bond acceptors (Lipinski definition) is 8. The zero-order valence-electron chi connectivity index (χ0n) is 26.0. The summed E-state index contributed by atoms with van der Waals surface area (Å²) in [6.07, 6.45) is 0. The molecule has 2 aliphatic rings. The van der Waals surface area contributed by atoms with E-state index < -0.39 is 11.9 Å². The Balaban J connectivity index is 0.000000422. The predicted molar refractivity (Wildman–Crippen MR) is 181 cm³/mol. The second-order valence-corrected chi connectivity index (χ2v) is 10.7. The maximum atomic E-state index is 9.00. The average molecular weight is 681 g/mol. The van der Waals surface area contributed by atoms with Gasteiger partial charge in [0.15, 0.2) is 0 Å². The van der Waals surface area contributed by atoms with Gasteiger partial charge in [-0.25, -0.2) is 9.97 Å². The Morgan fingerprint density at radius 3 is 0.857 bits per heavy atom. The summed E-state index contributed by atoms with van der Waals surface area (Å²) in [7, 11) is 0. The third-order valence-corrected chi connectivity index (χ3v) is 7.33. The molecule has 0 saturated heterocycles. The van der Waals surface area contributed by atoms with Gasteiger partial charge in [0.05, 0.1) is 23.3 Å². The Bertz CT molecular complexity index is 2240. The molecule has 9 rings (SSSR count). The summed E-state index contributed by atoms with van der Waals surface area (Å²) in [5, 5.41) is 18.4. The summed E-state index contributed by atoms with van der Waals surface area (Å²) in [6, 6.07) is 31.8. The maximum absolute atomic E-state index is 9.00. The number of carboxylic acids is 2. The SMILES string of the molecule is CC(=O)O.CC(=O)O.[Ti+2].c1ccc2c(c1)-c1nc-2nc2[n-]c(nc3nc(nc4[n-]c(n1)c1ccccc41)-c1ccccc1-3)c1ccccc21. The summed E-state index contributed by atoms with van der Waals surface area (Å²) in [6.45, 7) is 2.17. The van der Waals surface area contributed by atoms with Crippen LogP contribution in [-0.4, -0.2) is 52.1 Å². The Labute approximate surface area is 292 Å². The van der Waals surface area contributed by atoms with Gasteiger partial charge in [0, 0.05) is 58.7 Å². The van der Waals surface area contributed by atoms with Crippen LogP contribution in [0.2, 0.25) is 0 Å². The first-order chi connectivity index (χ1) is 23.3. The fraction of sp³-hybridized carbons (Fsp3) is 0.0556. The minimum atomic E-state index is -0.833. The molecule has 0 aliphatic carbocycles. The molecule has 12 nitrogen and oxygen atoms in total. The molecular formula is C36H24N8O4Ti. The number of rotatable bonds is 0. The van der Waals surface area contributed by atoms with Crippen LogP contribution >= 0.6 is 0 Å². The van der Waals surface area contributed by atoms with Crippen LogP contribution in [0.15, 0.2) is 97.1 Å². The van der Waals surface area contributed by atoms with E-state index in [2.05, 4.69) is 0 Å². The van der Waals surface area contributed by atoms with Crippen LogP contribution in [0, 0.1) is 0 Å². The van der Waals surface area contributed by atoms with E-state index in [9.17, 15) is 0 Å². The monoisotopic (exact) mass is 680 g/mol. The van der Waals surface area contributed by atoms with Gasteiger partial charge in [-0.3, -0.25) is 9.59 Å². The van der Waals surface area contributed by atoms with Crippen molar-refractivity contribution in [2.75, 3.05) is 0 Å². The number of carboxylic acid groups (broad SMARTS) is 2. The smallest absolute Gasteiger partial charge is 0.481 e. The number of carbonyl (C=O) groups is 2. The summed E-state index contributed by atoms with van der Waals surface area (Å²) in [4.78, 5) is 57.3. The van der Waals surface area contributed by atoms with Crippen molar-refractivity contribution in [3.05, 3.63) is 97.1 Å². The zero-order valence-corrected chi connectivity index (χ0v) is 27.6. The van der Waals surface area contributed by atoms with E-state index in [1.54, 1.807) is 0 Å². The van der Waals surface area contributed by atoms with Gasteiger partial charge in [0.25, 0.3) is 11.9 Å². The van der Waals surface area contributed by atoms with Crippen molar-refractivity contribution in [3.63, 3.8) is 0 Å². The summed E-state index contributed by atoms with van der Waals surface area (Å²) < 4.78 is 0. The molecule has 2 N–H and O–H groups in total. The summed E-state index contributed by atoms with van der Waals surface area (Å²) in [5.41, 5.74) is 5.78. The molecule has 2 aliphatic heterocycles. The standard InChI is InChI=1S/C32H16N8.2C2H4O2.Ti/c1-2-10-18-17(9-1)25-33-26(18)38-28-21-13-5-6-14-22(21)30(35-28)40-32-24-16-8-7-15-23(24)31(36-32)39-29-20-12-4-3-11-19(20)27(34-29)37-25;2*1-2(3)4;/h1-16H;2*1H3,(H,3,4);/q-2;;;+2. The Kier molecular flexibility index (Phi) is 9.08. The second-order valence-electron chi connectivity index (χ2n) is 10.7. The van der Waals surface area contributed by atoms with Crippen LogP contribution < -0.4 is 9.97 Å². The second kappa shape index (κ2) is 13.6. The molecule has 0 atom stereocenters. The van der Waals surface area contributed by atoms with E-state index in [0.29, 0.717) is 45.9 Å². The first-order valence-electron chi connectivity index (χ1n) is 14.7. The van der Waals surface area contributed by atoms with Gasteiger partial charge in [-0.1, -0.05) is 97.1 Å². The molecule has 8 bridgehead atoms. The first-order valence-corrected chi connectivity index (χ1v) is 14.7. The molecule has 13 heteroatoms. The summed E-state index contributed by atoms with van der Waals surface area (Å²) in [5.74, 6) is 0.541.